The molecule has 5 heteroatoms. The molecule has 1 fully saturated rings. The number of nitrogens with zero attached hydrogens (tertiary/aromatic N) is 1. The Balaban J connectivity index is 1.64. The zero-order valence-electron chi connectivity index (χ0n) is 11.4. The number of amides is 1. The average molecular weight is 297 g/mol. The van der Waals surface area contributed by atoms with Crippen molar-refractivity contribution < 1.29 is 4.79 Å². The summed E-state index contributed by atoms with van der Waals surface area (Å²) < 4.78 is 0. The minimum absolute atomic E-state index is 0.0940. The van der Waals surface area contributed by atoms with Crippen molar-refractivity contribution in [2.75, 3.05) is 5.32 Å². The molecule has 4 nitrogen and oxygen atoms in total. The molecule has 2 heterocycles. The molecule has 0 bridgehead atoms. The summed E-state index contributed by atoms with van der Waals surface area (Å²) in [6.45, 7) is 0. The third-order valence-electron chi connectivity index (χ3n) is 4.13. The predicted molar refractivity (Wildman–Crippen MR) is 85.4 cm³/mol. The molecule has 1 aliphatic carbocycles. The predicted octanol–water partition coefficient (Wildman–Crippen LogP) is 4.03. The second-order valence-electron chi connectivity index (χ2n) is 5.46. The van der Waals surface area contributed by atoms with E-state index in [0.29, 0.717) is 5.82 Å². The molecule has 2 aromatic heterocycles. The lowest BCUT2D eigenvalue weighted by Gasteiger charge is -2.23. The molecule has 0 saturated heterocycles. The van der Waals surface area contributed by atoms with E-state index in [1.54, 1.807) is 11.3 Å². The van der Waals surface area contributed by atoms with E-state index in [0.717, 1.165) is 35.7 Å². The van der Waals surface area contributed by atoms with Crippen molar-refractivity contribution in [3.8, 4) is 11.1 Å². The first-order valence-electron chi connectivity index (χ1n) is 7.13. The molecule has 2 N–H and O–H groups in total. The zero-order chi connectivity index (χ0) is 14.2. The molecule has 1 aromatic carbocycles. The number of benzene rings is 1. The summed E-state index contributed by atoms with van der Waals surface area (Å²) in [4.78, 5) is 12.0. The number of H-pyrrole nitrogens is 1. The smallest absolute Gasteiger partial charge is 0.228 e. The summed E-state index contributed by atoms with van der Waals surface area (Å²) in [5.74, 6) is 0.900. The molecule has 0 unspecified atom stereocenters. The Labute approximate surface area is 126 Å². The van der Waals surface area contributed by atoms with E-state index < -0.39 is 0 Å². The van der Waals surface area contributed by atoms with Crippen LogP contribution in [0.1, 0.15) is 19.3 Å². The lowest BCUT2D eigenvalue weighted by molar-refractivity contribution is -0.122. The quantitative estimate of drug-likeness (QED) is 0.767. The highest BCUT2D eigenvalue weighted by Crippen LogP contribution is 2.30. The Kier molecular flexibility index (Phi) is 3.00. The van der Waals surface area contributed by atoms with E-state index >= 15 is 0 Å². The summed E-state index contributed by atoms with van der Waals surface area (Å²) in [6.07, 6.45) is 3.15. The van der Waals surface area contributed by atoms with Crippen molar-refractivity contribution in [1.82, 2.24) is 10.2 Å². The number of nitrogens with one attached hydrogen (secondary N) is 2. The normalized spacial score (nSPS) is 15.0. The van der Waals surface area contributed by atoms with E-state index in [9.17, 15) is 4.79 Å². The zero-order valence-corrected chi connectivity index (χ0v) is 12.2. The van der Waals surface area contributed by atoms with E-state index in [1.807, 2.05) is 6.07 Å². The van der Waals surface area contributed by atoms with Gasteiger partial charge >= 0.3 is 0 Å². The Morgan fingerprint density at radius 2 is 2.19 bits per heavy atom. The number of anilines is 1. The van der Waals surface area contributed by atoms with Gasteiger partial charge in [0, 0.05) is 11.3 Å². The number of hydrogen-bond acceptors (Lipinski definition) is 3. The number of rotatable bonds is 3. The molecule has 4 rings (SSSR count). The van der Waals surface area contributed by atoms with Crippen molar-refractivity contribution in [3.05, 3.63) is 35.0 Å². The second kappa shape index (κ2) is 5.00. The molecule has 3 aromatic rings. The summed E-state index contributed by atoms with van der Waals surface area (Å²) in [7, 11) is 0. The van der Waals surface area contributed by atoms with Crippen molar-refractivity contribution in [2.45, 2.75) is 19.3 Å². The summed E-state index contributed by atoms with van der Waals surface area (Å²) >= 11 is 1.68. The van der Waals surface area contributed by atoms with Crippen LogP contribution in [0, 0.1) is 5.92 Å². The maximum absolute atomic E-state index is 12.0. The number of aromatic amines is 1. The third kappa shape index (κ3) is 2.23. The molecule has 106 valence electrons. The number of aromatic nitrogens is 2. The maximum Gasteiger partial charge on any atom is 0.228 e. The van der Waals surface area contributed by atoms with E-state index in [2.05, 4.69) is 44.5 Å². The first-order valence-corrected chi connectivity index (χ1v) is 8.07. The molecule has 0 spiro atoms. The van der Waals surface area contributed by atoms with Gasteiger partial charge in [-0.3, -0.25) is 9.89 Å². The van der Waals surface area contributed by atoms with Crippen LogP contribution in [0.15, 0.2) is 35.0 Å². The van der Waals surface area contributed by atoms with Crippen LogP contribution < -0.4 is 5.32 Å². The number of hydrogen-bond donors (Lipinski definition) is 2. The largest absolute Gasteiger partial charge is 0.308 e. The van der Waals surface area contributed by atoms with Gasteiger partial charge < -0.3 is 5.32 Å². The molecule has 0 radical (unpaired) electrons. The first kappa shape index (κ1) is 12.6. The fourth-order valence-electron chi connectivity index (χ4n) is 2.61. The fourth-order valence-corrected chi connectivity index (χ4v) is 3.28. The maximum atomic E-state index is 12.0. The van der Waals surface area contributed by atoms with Gasteiger partial charge in [-0.1, -0.05) is 12.5 Å². The average Bonchev–Trinajstić information content (AvgIpc) is 3.06. The number of carbonyl (C=O) groups is 1. The van der Waals surface area contributed by atoms with Crippen LogP contribution in [-0.2, 0) is 4.79 Å². The fraction of sp³-hybridized carbons (Fsp3) is 0.250. The van der Waals surface area contributed by atoms with Crippen molar-refractivity contribution in [1.29, 1.82) is 0 Å². The lowest BCUT2D eigenvalue weighted by atomic mass is 9.85. The highest BCUT2D eigenvalue weighted by molar-refractivity contribution is 7.08. The van der Waals surface area contributed by atoms with Crippen molar-refractivity contribution >= 4 is 34.0 Å². The van der Waals surface area contributed by atoms with Crippen LogP contribution in [0.3, 0.4) is 0 Å². The van der Waals surface area contributed by atoms with Gasteiger partial charge in [0.25, 0.3) is 0 Å². The minimum atomic E-state index is 0.0940. The Morgan fingerprint density at radius 3 is 2.90 bits per heavy atom. The van der Waals surface area contributed by atoms with Crippen LogP contribution in [0.5, 0.6) is 0 Å². The molecule has 1 amide bonds. The lowest BCUT2D eigenvalue weighted by Crippen LogP contribution is -2.28. The van der Waals surface area contributed by atoms with E-state index in [-0.39, 0.29) is 11.8 Å². The van der Waals surface area contributed by atoms with Gasteiger partial charge in [-0.15, -0.1) is 0 Å². The Morgan fingerprint density at radius 1 is 1.29 bits per heavy atom. The van der Waals surface area contributed by atoms with Gasteiger partial charge in [-0.05, 0) is 52.9 Å². The van der Waals surface area contributed by atoms with Crippen LogP contribution in [0.4, 0.5) is 5.82 Å². The van der Waals surface area contributed by atoms with Crippen LogP contribution >= 0.6 is 11.3 Å². The molecule has 1 saturated carbocycles. The van der Waals surface area contributed by atoms with Crippen molar-refractivity contribution in [2.24, 2.45) is 5.92 Å². The summed E-state index contributed by atoms with van der Waals surface area (Å²) in [6, 6.07) is 8.26. The monoisotopic (exact) mass is 297 g/mol. The van der Waals surface area contributed by atoms with Crippen LogP contribution in [0.2, 0.25) is 0 Å². The molecule has 0 atom stereocenters. The standard InChI is InChI=1S/C16H15N3OS/c20-16(10-2-1-3-10)17-15-13-5-4-11(8-14(13)18-19-15)12-6-7-21-9-12/h4-10H,1-3H2,(H2,17,18,19,20). The van der Waals surface area contributed by atoms with Gasteiger partial charge in [0.15, 0.2) is 5.82 Å². The minimum Gasteiger partial charge on any atom is -0.308 e. The summed E-state index contributed by atoms with van der Waals surface area (Å²) in [5, 5.41) is 15.3. The Bertz CT molecular complexity index is 787. The molecular formula is C16H15N3OS. The van der Waals surface area contributed by atoms with Gasteiger partial charge in [-0.25, -0.2) is 0 Å². The van der Waals surface area contributed by atoms with Crippen LogP contribution in [-0.4, -0.2) is 16.1 Å². The second-order valence-corrected chi connectivity index (χ2v) is 6.24. The molecule has 0 aliphatic heterocycles. The van der Waals surface area contributed by atoms with Gasteiger partial charge in [0.1, 0.15) is 0 Å². The van der Waals surface area contributed by atoms with E-state index in [1.165, 1.54) is 5.56 Å². The highest BCUT2D eigenvalue weighted by Gasteiger charge is 2.26. The number of carbonyl (C=O) groups excluding carboxylic acids is 1. The van der Waals surface area contributed by atoms with Gasteiger partial charge in [0.05, 0.1) is 5.52 Å². The molecule has 1 aliphatic rings. The first-order chi connectivity index (χ1) is 10.3. The van der Waals surface area contributed by atoms with Gasteiger partial charge in [0.2, 0.25) is 5.91 Å². The van der Waals surface area contributed by atoms with E-state index in [4.69, 9.17) is 0 Å². The summed E-state index contributed by atoms with van der Waals surface area (Å²) in [5.41, 5.74) is 3.31. The topological polar surface area (TPSA) is 57.8 Å². The van der Waals surface area contributed by atoms with Crippen LogP contribution in [0.25, 0.3) is 22.0 Å². The number of fused-ring (bicyclic) bond motifs is 1. The molecular weight excluding hydrogens is 282 g/mol. The highest BCUT2D eigenvalue weighted by atomic mass is 32.1. The Hall–Kier alpha value is -2.14. The third-order valence-corrected chi connectivity index (χ3v) is 4.82. The van der Waals surface area contributed by atoms with Crippen molar-refractivity contribution in [3.63, 3.8) is 0 Å². The SMILES string of the molecule is O=C(Nc1n[nH]c2cc(-c3ccsc3)ccc12)C1CCC1. The van der Waals surface area contributed by atoms with Gasteiger partial charge in [-0.2, -0.15) is 16.4 Å². The molecule has 21 heavy (non-hydrogen) atoms. The number of thiophene rings is 1.